The van der Waals surface area contributed by atoms with Crippen molar-refractivity contribution in [1.82, 2.24) is 9.78 Å². The molecule has 0 radical (unpaired) electrons. The lowest BCUT2D eigenvalue weighted by atomic mass is 10.1. The van der Waals surface area contributed by atoms with Crippen LogP contribution in [0, 0.1) is 0 Å². The molecule has 0 amide bonds. The first-order valence-corrected chi connectivity index (χ1v) is 6.28. The van der Waals surface area contributed by atoms with E-state index in [9.17, 15) is 4.79 Å². The summed E-state index contributed by atoms with van der Waals surface area (Å²) in [6.45, 7) is 0.451. The first kappa shape index (κ1) is 13.0. The van der Waals surface area contributed by atoms with E-state index in [0.717, 1.165) is 10.9 Å². The number of benzene rings is 1. The van der Waals surface area contributed by atoms with E-state index in [0.29, 0.717) is 12.2 Å². The standard InChI is InChI=1S/C12H13BrN2O3/c1-17-7-10(13)15-11-8(6-14-15)4-3-5-9(11)12(16)18-2/h3-6,10H,7H2,1-2H3. The number of hydrogen-bond acceptors (Lipinski definition) is 4. The zero-order valence-electron chi connectivity index (χ0n) is 10.1. The second-order valence-corrected chi connectivity index (χ2v) is 4.77. The second-order valence-electron chi connectivity index (χ2n) is 3.71. The summed E-state index contributed by atoms with van der Waals surface area (Å²) >= 11 is 3.48. The van der Waals surface area contributed by atoms with Crippen molar-refractivity contribution < 1.29 is 14.3 Å². The Balaban J connectivity index is 2.58. The van der Waals surface area contributed by atoms with Gasteiger partial charge in [0.1, 0.15) is 4.95 Å². The van der Waals surface area contributed by atoms with Crippen molar-refractivity contribution in [3.05, 3.63) is 30.0 Å². The summed E-state index contributed by atoms with van der Waals surface area (Å²) in [5.74, 6) is -0.375. The molecule has 0 spiro atoms. The molecule has 0 aliphatic carbocycles. The molecule has 0 aliphatic heterocycles. The third-order valence-corrected chi connectivity index (χ3v) is 3.24. The van der Waals surface area contributed by atoms with Crippen molar-refractivity contribution in [2.75, 3.05) is 20.8 Å². The van der Waals surface area contributed by atoms with Crippen molar-refractivity contribution in [2.45, 2.75) is 4.95 Å². The van der Waals surface area contributed by atoms with Gasteiger partial charge in [-0.05, 0) is 6.07 Å². The van der Waals surface area contributed by atoms with Gasteiger partial charge in [0.2, 0.25) is 0 Å². The topological polar surface area (TPSA) is 53.4 Å². The quantitative estimate of drug-likeness (QED) is 0.642. The highest BCUT2D eigenvalue weighted by Crippen LogP contribution is 2.25. The van der Waals surface area contributed by atoms with E-state index in [1.54, 1.807) is 30.1 Å². The maximum absolute atomic E-state index is 11.7. The fraction of sp³-hybridized carbons (Fsp3) is 0.333. The maximum atomic E-state index is 11.7. The van der Waals surface area contributed by atoms with Gasteiger partial charge in [0, 0.05) is 12.5 Å². The monoisotopic (exact) mass is 312 g/mol. The van der Waals surface area contributed by atoms with E-state index < -0.39 is 0 Å². The van der Waals surface area contributed by atoms with Gasteiger partial charge in [0.25, 0.3) is 0 Å². The SMILES string of the molecule is COCC(Br)n1ncc2cccc(C(=O)OC)c21. The van der Waals surface area contributed by atoms with Crippen LogP contribution >= 0.6 is 15.9 Å². The van der Waals surface area contributed by atoms with Crippen LogP contribution in [0.25, 0.3) is 10.9 Å². The van der Waals surface area contributed by atoms with E-state index in [4.69, 9.17) is 9.47 Å². The Morgan fingerprint density at radius 1 is 1.50 bits per heavy atom. The van der Waals surface area contributed by atoms with Crippen LogP contribution < -0.4 is 0 Å². The first-order valence-electron chi connectivity index (χ1n) is 5.36. The van der Waals surface area contributed by atoms with Gasteiger partial charge in [0.15, 0.2) is 0 Å². The molecule has 0 fully saturated rings. The third kappa shape index (κ3) is 2.26. The Kier molecular flexibility index (Phi) is 3.98. The minimum Gasteiger partial charge on any atom is -0.465 e. The Bertz CT molecular complexity index is 567. The Morgan fingerprint density at radius 3 is 2.94 bits per heavy atom. The lowest BCUT2D eigenvalue weighted by Gasteiger charge is -2.12. The lowest BCUT2D eigenvalue weighted by Crippen LogP contribution is -2.12. The summed E-state index contributed by atoms with van der Waals surface area (Å²) in [5.41, 5.74) is 1.23. The predicted octanol–water partition coefficient (Wildman–Crippen LogP) is 2.36. The second kappa shape index (κ2) is 5.49. The predicted molar refractivity (Wildman–Crippen MR) is 70.9 cm³/mol. The summed E-state index contributed by atoms with van der Waals surface area (Å²) in [6.07, 6.45) is 1.71. The van der Waals surface area contributed by atoms with Gasteiger partial charge in [-0.1, -0.05) is 28.1 Å². The Hall–Kier alpha value is -1.40. The van der Waals surface area contributed by atoms with E-state index in [-0.39, 0.29) is 10.9 Å². The van der Waals surface area contributed by atoms with E-state index in [2.05, 4.69) is 21.0 Å². The van der Waals surface area contributed by atoms with E-state index >= 15 is 0 Å². The normalized spacial score (nSPS) is 12.6. The van der Waals surface area contributed by atoms with Gasteiger partial charge in [-0.25, -0.2) is 9.48 Å². The molecule has 0 saturated carbocycles. The Morgan fingerprint density at radius 2 is 2.28 bits per heavy atom. The minimum absolute atomic E-state index is 0.134. The summed E-state index contributed by atoms with van der Waals surface area (Å²) in [5, 5.41) is 5.16. The smallest absolute Gasteiger partial charge is 0.340 e. The molecule has 1 aromatic carbocycles. The number of esters is 1. The molecule has 5 nitrogen and oxygen atoms in total. The average molecular weight is 313 g/mol. The van der Waals surface area contributed by atoms with Crippen LogP contribution in [-0.2, 0) is 9.47 Å². The third-order valence-electron chi connectivity index (χ3n) is 2.59. The number of halogens is 1. The average Bonchev–Trinajstić information content (AvgIpc) is 2.81. The molecule has 0 saturated heterocycles. The fourth-order valence-electron chi connectivity index (χ4n) is 1.80. The van der Waals surface area contributed by atoms with Crippen LogP contribution in [0.2, 0.25) is 0 Å². The van der Waals surface area contributed by atoms with E-state index in [1.165, 1.54) is 7.11 Å². The molecule has 2 aromatic rings. The molecule has 0 aliphatic rings. The number of carbonyl (C=O) groups excluding carboxylic acids is 1. The molecular weight excluding hydrogens is 300 g/mol. The molecule has 1 aromatic heterocycles. The summed E-state index contributed by atoms with van der Waals surface area (Å²) in [7, 11) is 2.98. The molecule has 1 atom stereocenters. The molecule has 1 heterocycles. The fourth-order valence-corrected chi connectivity index (χ4v) is 2.37. The van der Waals surface area contributed by atoms with E-state index in [1.807, 2.05) is 6.07 Å². The van der Waals surface area contributed by atoms with Crippen LogP contribution in [0.1, 0.15) is 15.3 Å². The van der Waals surface area contributed by atoms with Crippen molar-refractivity contribution in [3.63, 3.8) is 0 Å². The van der Waals surface area contributed by atoms with Gasteiger partial charge in [-0.15, -0.1) is 0 Å². The van der Waals surface area contributed by atoms with Crippen LogP contribution in [0.15, 0.2) is 24.4 Å². The summed E-state index contributed by atoms with van der Waals surface area (Å²) in [4.78, 5) is 11.6. The molecule has 96 valence electrons. The zero-order chi connectivity index (χ0) is 13.1. The maximum Gasteiger partial charge on any atom is 0.340 e. The van der Waals surface area contributed by atoms with Gasteiger partial charge < -0.3 is 9.47 Å². The molecule has 6 heteroatoms. The van der Waals surface area contributed by atoms with Crippen molar-refractivity contribution in [2.24, 2.45) is 0 Å². The van der Waals surface area contributed by atoms with Crippen molar-refractivity contribution >= 4 is 32.8 Å². The number of para-hydroxylation sites is 1. The molecule has 18 heavy (non-hydrogen) atoms. The van der Waals surface area contributed by atoms with Crippen molar-refractivity contribution in [3.8, 4) is 0 Å². The number of fused-ring (bicyclic) bond motifs is 1. The highest BCUT2D eigenvalue weighted by Gasteiger charge is 2.18. The molecule has 2 rings (SSSR count). The largest absolute Gasteiger partial charge is 0.465 e. The van der Waals surface area contributed by atoms with Crippen LogP contribution in [-0.4, -0.2) is 36.6 Å². The van der Waals surface area contributed by atoms with Gasteiger partial charge in [-0.2, -0.15) is 5.10 Å². The molecule has 1 unspecified atom stereocenters. The number of aromatic nitrogens is 2. The zero-order valence-corrected chi connectivity index (χ0v) is 11.7. The van der Waals surface area contributed by atoms with Crippen molar-refractivity contribution in [1.29, 1.82) is 0 Å². The highest BCUT2D eigenvalue weighted by atomic mass is 79.9. The molecule has 0 N–H and O–H groups in total. The molecular formula is C12H13BrN2O3. The number of alkyl halides is 1. The van der Waals surface area contributed by atoms with Gasteiger partial charge in [0.05, 0.1) is 31.0 Å². The van der Waals surface area contributed by atoms with Crippen LogP contribution in [0.4, 0.5) is 0 Å². The minimum atomic E-state index is -0.375. The van der Waals surface area contributed by atoms with Crippen LogP contribution in [0.5, 0.6) is 0 Å². The Labute approximate surface area is 113 Å². The first-order chi connectivity index (χ1) is 8.69. The summed E-state index contributed by atoms with van der Waals surface area (Å²) < 4.78 is 11.6. The van der Waals surface area contributed by atoms with Crippen LogP contribution in [0.3, 0.4) is 0 Å². The summed E-state index contributed by atoms with van der Waals surface area (Å²) in [6, 6.07) is 5.43. The van der Waals surface area contributed by atoms with Gasteiger partial charge in [-0.3, -0.25) is 0 Å². The number of carbonyl (C=O) groups is 1. The number of hydrogen-bond donors (Lipinski definition) is 0. The highest BCUT2D eigenvalue weighted by molar-refractivity contribution is 9.09. The number of methoxy groups -OCH3 is 2. The number of nitrogens with zero attached hydrogens (tertiary/aromatic N) is 2. The number of rotatable bonds is 4. The molecule has 0 bridgehead atoms. The van der Waals surface area contributed by atoms with Gasteiger partial charge >= 0.3 is 5.97 Å². The lowest BCUT2D eigenvalue weighted by molar-refractivity contribution is 0.0602. The number of ether oxygens (including phenoxy) is 2.